The summed E-state index contributed by atoms with van der Waals surface area (Å²) in [6.07, 6.45) is 4.11. The molecule has 0 aliphatic rings. The smallest absolute Gasteiger partial charge is 0.310 e. The van der Waals surface area contributed by atoms with E-state index >= 15 is 0 Å². The molecule has 0 aromatic heterocycles. The number of rotatable bonds is 16. The lowest BCUT2D eigenvalue weighted by Crippen LogP contribution is -2.30. The Kier molecular flexibility index (Phi) is 40.8. The zero-order valence-corrected chi connectivity index (χ0v) is 50.2. The zero-order chi connectivity index (χ0) is 55.1. The third-order valence-electron chi connectivity index (χ3n) is 6.93. The van der Waals surface area contributed by atoms with Gasteiger partial charge < -0.3 is 24.1 Å². The van der Waals surface area contributed by atoms with E-state index in [2.05, 4.69) is 44.1 Å². The minimum atomic E-state index is -3.15. The quantitative estimate of drug-likeness (QED) is 0.0519. The van der Waals surface area contributed by atoms with E-state index in [0.717, 1.165) is 29.8 Å². The molecule has 22 heteroatoms. The predicted molar refractivity (Wildman–Crippen MR) is 291 cm³/mol. The van der Waals surface area contributed by atoms with Gasteiger partial charge in [0.1, 0.15) is 42.1 Å². The molecule has 0 saturated heterocycles. The van der Waals surface area contributed by atoms with Gasteiger partial charge in [-0.3, -0.25) is 24.0 Å². The van der Waals surface area contributed by atoms with Gasteiger partial charge in [-0.25, -0.2) is 16.8 Å². The topological polar surface area (TPSA) is 211 Å². The van der Waals surface area contributed by atoms with Crippen LogP contribution in [-0.4, -0.2) is 129 Å². The lowest BCUT2D eigenvalue weighted by atomic mass is 10.1. The van der Waals surface area contributed by atoms with Crippen molar-refractivity contribution in [3.8, 4) is 0 Å². The summed E-state index contributed by atoms with van der Waals surface area (Å²) in [5, 5.41) is 8.28. The van der Waals surface area contributed by atoms with Crippen molar-refractivity contribution in [2.45, 2.75) is 146 Å². The van der Waals surface area contributed by atoms with Crippen LogP contribution in [0.1, 0.15) is 123 Å². The normalized spacial score (nSPS) is 13.8. The molecule has 0 heterocycles. The van der Waals surface area contributed by atoms with Crippen LogP contribution < -0.4 is 0 Å². The Morgan fingerprint density at radius 2 is 0.912 bits per heavy atom. The van der Waals surface area contributed by atoms with Crippen LogP contribution in [0.25, 0.3) is 0 Å². The first-order valence-corrected chi connectivity index (χ1v) is 30.9. The second kappa shape index (κ2) is 36.9. The number of esters is 4. The maximum atomic E-state index is 11.8. The van der Waals surface area contributed by atoms with Gasteiger partial charge in [0.15, 0.2) is 7.57 Å². The number of carbonyl (C=O) groups is 5. The summed E-state index contributed by atoms with van der Waals surface area (Å²) in [5.41, 5.74) is -0.407. The van der Waals surface area contributed by atoms with Crippen LogP contribution in [0, 0.1) is 29.6 Å². The third-order valence-corrected chi connectivity index (χ3v) is 11.8. The Labute approximate surface area is 433 Å². The molecule has 0 amide bonds. The van der Waals surface area contributed by atoms with Crippen LogP contribution in [0.5, 0.6) is 0 Å². The van der Waals surface area contributed by atoms with Crippen molar-refractivity contribution in [2.75, 3.05) is 47.5 Å². The molecule has 0 aliphatic carbocycles. The van der Waals surface area contributed by atoms with Crippen LogP contribution in [0.4, 0.5) is 0 Å². The van der Waals surface area contributed by atoms with Crippen LogP contribution in [0.3, 0.4) is 0 Å². The molecule has 1 aromatic rings. The summed E-state index contributed by atoms with van der Waals surface area (Å²) < 4.78 is 63.5. The van der Waals surface area contributed by atoms with Gasteiger partial charge in [-0.15, -0.1) is 0 Å². The number of thiol groups is 1. The van der Waals surface area contributed by atoms with Gasteiger partial charge in [0, 0.05) is 35.5 Å². The number of benzene rings is 1. The maximum absolute atomic E-state index is 11.8. The van der Waals surface area contributed by atoms with Crippen LogP contribution in [-0.2, 0) is 80.2 Å². The van der Waals surface area contributed by atoms with Crippen molar-refractivity contribution in [1.29, 1.82) is 0 Å². The van der Waals surface area contributed by atoms with Crippen molar-refractivity contribution in [1.82, 2.24) is 0 Å². The Balaban J connectivity index is -0.000000243. The van der Waals surface area contributed by atoms with E-state index in [1.807, 2.05) is 101 Å². The number of carboxylic acids is 1. The SMILES string of the molecule is CSC[C@@H](C)C(=O)OC(C)(C)C.C[C@H](CS(C)(=O)=O)C(=O)O.C[C@H](CS(C)(=O)=O)C(=O)OC(C)(C)C.C[C@H](CS)C(=O)OC(C)(C)C.C[C@H](CSCc1ccccc1)C(=O)OC(C)(C)C.[B]P=S. The number of ether oxygens (including phenoxy) is 4. The molecule has 1 aromatic carbocycles. The van der Waals surface area contributed by atoms with Gasteiger partial charge in [-0.2, -0.15) is 36.2 Å². The van der Waals surface area contributed by atoms with Gasteiger partial charge in [-0.05, 0) is 94.9 Å². The molecule has 1 N–H and O–H groups in total. The molecule has 1 rings (SSSR count). The van der Waals surface area contributed by atoms with Crippen molar-refractivity contribution in [2.24, 2.45) is 29.6 Å². The molecule has 0 bridgehead atoms. The molecule has 0 unspecified atom stereocenters. The molecule has 14 nitrogen and oxygen atoms in total. The molecule has 0 saturated carbocycles. The Hall–Kier alpha value is -1.90. The van der Waals surface area contributed by atoms with Gasteiger partial charge in [-0.1, -0.05) is 84.0 Å². The van der Waals surface area contributed by atoms with Gasteiger partial charge in [0.2, 0.25) is 0 Å². The molecule has 5 atom stereocenters. The molecule has 0 fully saturated rings. The maximum Gasteiger partial charge on any atom is 0.310 e. The first kappa shape index (κ1) is 75.0. The summed E-state index contributed by atoms with van der Waals surface area (Å²) in [6.45, 7) is 30.7. The lowest BCUT2D eigenvalue weighted by Gasteiger charge is -2.22. The van der Waals surface area contributed by atoms with E-state index in [-0.39, 0.29) is 58.4 Å². The van der Waals surface area contributed by atoms with E-state index < -0.39 is 54.7 Å². The molecule has 2 radical (unpaired) electrons. The summed E-state index contributed by atoms with van der Waals surface area (Å²) in [7, 11) is -1.14. The van der Waals surface area contributed by atoms with Crippen molar-refractivity contribution < 1.29 is 64.9 Å². The lowest BCUT2D eigenvalue weighted by molar-refractivity contribution is -0.159. The van der Waals surface area contributed by atoms with Crippen LogP contribution in [0.2, 0.25) is 0 Å². The molecular formula is C46H84BO14PS6. The summed E-state index contributed by atoms with van der Waals surface area (Å²) in [4.78, 5) is 55.7. The summed E-state index contributed by atoms with van der Waals surface area (Å²) in [6, 6.07) is 10.3. The highest BCUT2D eigenvalue weighted by atomic mass is 32.4. The van der Waals surface area contributed by atoms with Crippen LogP contribution in [0.15, 0.2) is 30.3 Å². The molecule has 68 heavy (non-hydrogen) atoms. The fourth-order valence-corrected chi connectivity index (χ4v) is 7.96. The van der Waals surface area contributed by atoms with Gasteiger partial charge in [0.25, 0.3) is 0 Å². The van der Waals surface area contributed by atoms with E-state index in [9.17, 15) is 40.8 Å². The van der Waals surface area contributed by atoms with E-state index in [0.29, 0.717) is 13.0 Å². The molecule has 0 spiro atoms. The highest BCUT2D eigenvalue weighted by Crippen LogP contribution is 2.19. The molecule has 0 aliphatic heterocycles. The average Bonchev–Trinajstić information content (AvgIpc) is 3.12. The van der Waals surface area contributed by atoms with E-state index in [1.165, 1.54) is 12.5 Å². The fraction of sp³-hybridized carbons (Fsp3) is 0.761. The number of thioether (sulfide) groups is 2. The van der Waals surface area contributed by atoms with Crippen molar-refractivity contribution >= 4 is 112 Å². The van der Waals surface area contributed by atoms with Crippen molar-refractivity contribution in [3.63, 3.8) is 0 Å². The Bertz CT molecular complexity index is 1820. The average molecular weight is 1100 g/mol. The standard InChI is InChI=1S/C15H22O2S.C9H18O4S.C9H18O2S.C8H16O2S.C5H10O4S.BPS/c1-12(14(16)17-15(2,3)4)10-18-11-13-8-6-5-7-9-13;1-7(6-14(5,11)12)8(10)13-9(2,3)4;1-7(6-12-5)8(10)11-9(2,3)4;1-6(5-11)7(9)10-8(2,3)4;1-4(5(6)7)3-10(2,8)9;1-2-3/h5-9,12H,10-11H2,1-4H3;7H,6H2,1-5H3;7H,6H2,1-5H3;6,11H,5H2,1-4H3;4H,3H2,1-2H3,(H,6,7);/t12-;2*7-;6-;4-;/m11111./s1. The Morgan fingerprint density at radius 3 is 1.18 bits per heavy atom. The second-order valence-electron chi connectivity index (χ2n) is 19.9. The predicted octanol–water partition coefficient (Wildman–Crippen LogP) is 9.36. The number of carbonyl (C=O) groups excluding carboxylic acids is 4. The zero-order valence-electron chi connectivity index (χ0n) is 44.3. The minimum Gasteiger partial charge on any atom is -0.481 e. The monoisotopic (exact) mass is 1090 g/mol. The van der Waals surface area contributed by atoms with Gasteiger partial charge in [0.05, 0.1) is 41.1 Å². The first-order chi connectivity index (χ1) is 30.4. The second-order valence-corrected chi connectivity index (χ2v) is 27.4. The number of sulfone groups is 2. The molecular weight excluding hydrogens is 1010 g/mol. The summed E-state index contributed by atoms with van der Waals surface area (Å²) >= 11 is 11.6. The number of carboxylic acid groups (broad SMARTS) is 1. The molecule has 396 valence electrons. The number of hydrogen-bond donors (Lipinski definition) is 2. The van der Waals surface area contributed by atoms with E-state index in [4.69, 9.17) is 24.1 Å². The highest BCUT2D eigenvalue weighted by Gasteiger charge is 2.25. The largest absolute Gasteiger partial charge is 0.481 e. The Morgan fingerprint density at radius 1 is 0.618 bits per heavy atom. The van der Waals surface area contributed by atoms with Crippen molar-refractivity contribution in [3.05, 3.63) is 35.9 Å². The van der Waals surface area contributed by atoms with Crippen LogP contribution >= 0.6 is 43.4 Å². The third kappa shape index (κ3) is 56.7. The number of hydrogen-bond acceptors (Lipinski definition) is 17. The highest BCUT2D eigenvalue weighted by molar-refractivity contribution is 8.07. The fourth-order valence-electron chi connectivity index (χ4n) is 4.05. The van der Waals surface area contributed by atoms with Gasteiger partial charge >= 0.3 is 29.8 Å². The first-order valence-electron chi connectivity index (χ1n) is 21.6. The minimum absolute atomic E-state index is 0.000718. The summed E-state index contributed by atoms with van der Waals surface area (Å²) in [5.74, 6) is -0.874. The number of aliphatic carboxylic acids is 1. The van der Waals surface area contributed by atoms with E-state index in [1.54, 1.807) is 58.1 Å².